The maximum atomic E-state index is 11.9. The number of benzene rings is 1. The average Bonchev–Trinajstić information content (AvgIpc) is 2.86. The first-order valence-electron chi connectivity index (χ1n) is 6.21. The third kappa shape index (κ3) is 3.34. The van der Waals surface area contributed by atoms with Crippen molar-refractivity contribution in [2.24, 2.45) is 7.05 Å². The van der Waals surface area contributed by atoms with Crippen molar-refractivity contribution in [1.29, 1.82) is 0 Å². The maximum absolute atomic E-state index is 11.9. The minimum absolute atomic E-state index is 0.0959. The van der Waals surface area contributed by atoms with Gasteiger partial charge in [-0.1, -0.05) is 18.2 Å². The minimum atomic E-state index is -0.0959. The normalized spacial score (nSPS) is 10.2. The molecule has 1 N–H and O–H groups in total. The van der Waals surface area contributed by atoms with Gasteiger partial charge in [0.1, 0.15) is 5.69 Å². The molecule has 0 aliphatic heterocycles. The zero-order valence-corrected chi connectivity index (χ0v) is 11.2. The number of para-hydroxylation sites is 1. The van der Waals surface area contributed by atoms with E-state index in [0.717, 1.165) is 12.2 Å². The summed E-state index contributed by atoms with van der Waals surface area (Å²) in [6.45, 7) is 1.35. The van der Waals surface area contributed by atoms with Crippen LogP contribution in [0.2, 0.25) is 0 Å². The van der Waals surface area contributed by atoms with Crippen molar-refractivity contribution in [3.63, 3.8) is 0 Å². The van der Waals surface area contributed by atoms with Crippen molar-refractivity contribution in [2.45, 2.75) is 0 Å². The molecule has 5 nitrogen and oxygen atoms in total. The number of nitrogens with zero attached hydrogens (tertiary/aromatic N) is 3. The topological polar surface area (TPSA) is 50.2 Å². The number of amides is 1. The Morgan fingerprint density at radius 3 is 2.68 bits per heavy atom. The van der Waals surface area contributed by atoms with Crippen molar-refractivity contribution >= 4 is 11.6 Å². The molecule has 0 aliphatic rings. The number of aromatic nitrogens is 2. The molecule has 0 unspecified atom stereocenters. The largest absolute Gasteiger partial charge is 0.373 e. The Labute approximate surface area is 112 Å². The highest BCUT2D eigenvalue weighted by Crippen LogP contribution is 2.09. The van der Waals surface area contributed by atoms with Gasteiger partial charge >= 0.3 is 0 Å². The first-order chi connectivity index (χ1) is 9.18. The van der Waals surface area contributed by atoms with Gasteiger partial charge in [0.25, 0.3) is 5.91 Å². The van der Waals surface area contributed by atoms with Crippen LogP contribution in [0.3, 0.4) is 0 Å². The quantitative estimate of drug-likeness (QED) is 0.879. The van der Waals surface area contributed by atoms with Gasteiger partial charge in [-0.05, 0) is 18.2 Å². The summed E-state index contributed by atoms with van der Waals surface area (Å²) < 4.78 is 1.57. The lowest BCUT2D eigenvalue weighted by atomic mass is 10.3. The van der Waals surface area contributed by atoms with Crippen molar-refractivity contribution in [3.8, 4) is 0 Å². The van der Waals surface area contributed by atoms with Crippen LogP contribution in [-0.4, -0.2) is 35.8 Å². The molecule has 2 rings (SSSR count). The number of hydrogen-bond acceptors (Lipinski definition) is 3. The molecule has 0 atom stereocenters. The summed E-state index contributed by atoms with van der Waals surface area (Å²) in [5.41, 5.74) is 1.71. The predicted octanol–water partition coefficient (Wildman–Crippen LogP) is 1.29. The smallest absolute Gasteiger partial charge is 0.269 e. The number of carbonyl (C=O) groups excluding carboxylic acids is 1. The van der Waals surface area contributed by atoms with E-state index in [9.17, 15) is 4.79 Å². The first-order valence-corrected chi connectivity index (χ1v) is 6.21. The van der Waals surface area contributed by atoms with E-state index in [1.54, 1.807) is 24.0 Å². The lowest BCUT2D eigenvalue weighted by Gasteiger charge is -2.19. The third-order valence-electron chi connectivity index (χ3n) is 2.98. The second kappa shape index (κ2) is 6.04. The molecule has 1 amide bonds. The molecule has 0 aliphatic carbocycles. The Morgan fingerprint density at radius 2 is 2.05 bits per heavy atom. The van der Waals surface area contributed by atoms with Gasteiger partial charge < -0.3 is 10.2 Å². The summed E-state index contributed by atoms with van der Waals surface area (Å²) in [6, 6.07) is 11.8. The van der Waals surface area contributed by atoms with E-state index < -0.39 is 0 Å². The Bertz CT molecular complexity index is 535. The van der Waals surface area contributed by atoms with Gasteiger partial charge in [0.15, 0.2) is 0 Å². The zero-order valence-electron chi connectivity index (χ0n) is 11.2. The highest BCUT2D eigenvalue weighted by molar-refractivity contribution is 5.92. The summed E-state index contributed by atoms with van der Waals surface area (Å²) >= 11 is 0. The minimum Gasteiger partial charge on any atom is -0.373 e. The highest BCUT2D eigenvalue weighted by atomic mass is 16.2. The van der Waals surface area contributed by atoms with Gasteiger partial charge in [0.2, 0.25) is 0 Å². The molecule has 1 heterocycles. The van der Waals surface area contributed by atoms with Crippen molar-refractivity contribution in [2.75, 3.05) is 25.0 Å². The van der Waals surface area contributed by atoms with Gasteiger partial charge in [0.05, 0.1) is 0 Å². The van der Waals surface area contributed by atoms with Gasteiger partial charge in [0, 0.05) is 39.1 Å². The Kier molecular flexibility index (Phi) is 4.18. The second-order valence-electron chi connectivity index (χ2n) is 4.35. The molecule has 0 fully saturated rings. The SMILES string of the molecule is CN(CCNC(=O)c1ccnn1C)c1ccccc1. The van der Waals surface area contributed by atoms with Gasteiger partial charge in [-0.15, -0.1) is 0 Å². The van der Waals surface area contributed by atoms with Crippen molar-refractivity contribution in [3.05, 3.63) is 48.3 Å². The van der Waals surface area contributed by atoms with Gasteiger partial charge in [-0.25, -0.2) is 0 Å². The first kappa shape index (κ1) is 13.1. The van der Waals surface area contributed by atoms with E-state index >= 15 is 0 Å². The summed E-state index contributed by atoms with van der Waals surface area (Å²) in [7, 11) is 3.76. The van der Waals surface area contributed by atoms with Crippen LogP contribution in [0.5, 0.6) is 0 Å². The van der Waals surface area contributed by atoms with E-state index in [1.165, 1.54) is 0 Å². The van der Waals surface area contributed by atoms with E-state index in [4.69, 9.17) is 0 Å². The number of rotatable bonds is 5. The number of nitrogens with one attached hydrogen (secondary N) is 1. The van der Waals surface area contributed by atoms with Crippen molar-refractivity contribution in [1.82, 2.24) is 15.1 Å². The second-order valence-corrected chi connectivity index (χ2v) is 4.35. The highest BCUT2D eigenvalue weighted by Gasteiger charge is 2.09. The van der Waals surface area contributed by atoms with E-state index in [2.05, 4.69) is 15.3 Å². The summed E-state index contributed by atoms with van der Waals surface area (Å²) in [5, 5.41) is 6.86. The molecular formula is C14H18N4O. The van der Waals surface area contributed by atoms with Gasteiger partial charge in [-0.3, -0.25) is 9.48 Å². The monoisotopic (exact) mass is 258 g/mol. The number of likely N-dealkylation sites (N-methyl/N-ethyl adjacent to an activating group) is 1. The van der Waals surface area contributed by atoms with Crippen molar-refractivity contribution < 1.29 is 4.79 Å². The molecule has 1 aromatic heterocycles. The van der Waals surface area contributed by atoms with Crippen LogP contribution in [0.15, 0.2) is 42.6 Å². The summed E-state index contributed by atoms with van der Waals surface area (Å²) in [6.07, 6.45) is 1.62. The molecule has 0 saturated heterocycles. The lowest BCUT2D eigenvalue weighted by molar-refractivity contribution is 0.0945. The van der Waals surface area contributed by atoms with Crippen LogP contribution in [0, 0.1) is 0 Å². The number of anilines is 1. The third-order valence-corrected chi connectivity index (χ3v) is 2.98. The molecule has 19 heavy (non-hydrogen) atoms. The van der Waals surface area contributed by atoms with E-state index in [-0.39, 0.29) is 5.91 Å². The van der Waals surface area contributed by atoms with E-state index in [1.807, 2.05) is 37.4 Å². The number of aryl methyl sites for hydroxylation is 1. The van der Waals surface area contributed by atoms with Crippen LogP contribution in [0.4, 0.5) is 5.69 Å². The number of hydrogen-bond donors (Lipinski definition) is 1. The molecule has 0 radical (unpaired) electrons. The fourth-order valence-corrected chi connectivity index (χ4v) is 1.84. The molecule has 0 bridgehead atoms. The molecule has 5 heteroatoms. The standard InChI is InChI=1S/C14H18N4O/c1-17(12-6-4-3-5-7-12)11-10-15-14(19)13-8-9-16-18(13)2/h3-9H,10-11H2,1-2H3,(H,15,19). The fourth-order valence-electron chi connectivity index (χ4n) is 1.84. The Morgan fingerprint density at radius 1 is 1.32 bits per heavy atom. The Hall–Kier alpha value is -2.30. The predicted molar refractivity (Wildman–Crippen MR) is 75.3 cm³/mol. The molecule has 0 spiro atoms. The fraction of sp³-hybridized carbons (Fsp3) is 0.286. The van der Waals surface area contributed by atoms with Crippen LogP contribution in [0.25, 0.3) is 0 Å². The zero-order chi connectivity index (χ0) is 13.7. The van der Waals surface area contributed by atoms with Crippen LogP contribution >= 0.6 is 0 Å². The summed E-state index contributed by atoms with van der Waals surface area (Å²) in [5.74, 6) is -0.0959. The maximum Gasteiger partial charge on any atom is 0.269 e. The van der Waals surface area contributed by atoms with Crippen LogP contribution in [0.1, 0.15) is 10.5 Å². The molecule has 1 aromatic carbocycles. The van der Waals surface area contributed by atoms with Crippen LogP contribution < -0.4 is 10.2 Å². The molecule has 0 saturated carbocycles. The molecular weight excluding hydrogens is 240 g/mol. The lowest BCUT2D eigenvalue weighted by Crippen LogP contribution is -2.33. The molecule has 100 valence electrons. The number of carbonyl (C=O) groups is 1. The van der Waals surface area contributed by atoms with Crippen LogP contribution in [-0.2, 0) is 7.05 Å². The average molecular weight is 258 g/mol. The van der Waals surface area contributed by atoms with Gasteiger partial charge in [-0.2, -0.15) is 5.10 Å². The summed E-state index contributed by atoms with van der Waals surface area (Å²) in [4.78, 5) is 14.0. The Balaban J connectivity index is 1.81. The van der Waals surface area contributed by atoms with E-state index in [0.29, 0.717) is 12.2 Å². The molecule has 2 aromatic rings.